The van der Waals surface area contributed by atoms with Gasteiger partial charge in [-0.3, -0.25) is 4.90 Å². The van der Waals surface area contributed by atoms with Crippen molar-refractivity contribution in [1.82, 2.24) is 4.90 Å². The molecule has 15 heavy (non-hydrogen) atoms. The van der Waals surface area contributed by atoms with Crippen molar-refractivity contribution >= 4 is 8.80 Å². The molecule has 0 spiro atoms. The highest BCUT2D eigenvalue weighted by molar-refractivity contribution is 6.57. The molecule has 0 saturated carbocycles. The Morgan fingerprint density at radius 2 is 1.87 bits per heavy atom. The average molecular weight is 227 g/mol. The van der Waals surface area contributed by atoms with Gasteiger partial charge in [0.15, 0.2) is 0 Å². The van der Waals surface area contributed by atoms with E-state index in [0.29, 0.717) is 0 Å². The number of rotatable bonds is 6. The van der Waals surface area contributed by atoms with Crippen LogP contribution in [0.3, 0.4) is 0 Å². The maximum absolute atomic E-state index is 3.89. The van der Waals surface area contributed by atoms with Crippen molar-refractivity contribution in [2.45, 2.75) is 64.8 Å². The Morgan fingerprint density at radius 1 is 1.33 bits per heavy atom. The van der Waals surface area contributed by atoms with Crippen molar-refractivity contribution in [2.24, 2.45) is 0 Å². The van der Waals surface area contributed by atoms with Crippen molar-refractivity contribution in [2.75, 3.05) is 6.54 Å². The second-order valence-electron chi connectivity index (χ2n) is 5.71. The van der Waals surface area contributed by atoms with Gasteiger partial charge in [-0.05, 0) is 27.2 Å². The van der Waals surface area contributed by atoms with Gasteiger partial charge in [-0.1, -0.05) is 32.5 Å². The van der Waals surface area contributed by atoms with Gasteiger partial charge in [0, 0.05) is 17.7 Å². The maximum Gasteiger partial charge on any atom is 0.0509 e. The molecule has 0 heterocycles. The molecule has 0 aromatic rings. The van der Waals surface area contributed by atoms with E-state index in [4.69, 9.17) is 0 Å². The largest absolute Gasteiger partial charge is 0.295 e. The molecule has 0 rings (SSSR count). The van der Waals surface area contributed by atoms with E-state index in [0.717, 1.165) is 12.2 Å². The summed E-state index contributed by atoms with van der Waals surface area (Å²) < 4.78 is 0. The number of hydrogen-bond donors (Lipinski definition) is 0. The topological polar surface area (TPSA) is 3.24 Å². The molecule has 0 aliphatic rings. The van der Waals surface area contributed by atoms with Crippen molar-refractivity contribution in [3.05, 3.63) is 12.7 Å². The van der Waals surface area contributed by atoms with Gasteiger partial charge in [-0.2, -0.15) is 0 Å². The molecular weight excluding hydrogens is 198 g/mol. The van der Waals surface area contributed by atoms with Gasteiger partial charge >= 0.3 is 0 Å². The van der Waals surface area contributed by atoms with E-state index in [2.05, 4.69) is 52.3 Å². The Kier molecular flexibility index (Phi) is 6.45. The maximum atomic E-state index is 3.89. The van der Waals surface area contributed by atoms with Gasteiger partial charge < -0.3 is 0 Å². The zero-order valence-electron chi connectivity index (χ0n) is 11.5. The second-order valence-corrected chi connectivity index (χ2v) is 8.97. The lowest BCUT2D eigenvalue weighted by Crippen LogP contribution is -2.53. The summed E-state index contributed by atoms with van der Waals surface area (Å²) in [5.74, 6) is 0. The summed E-state index contributed by atoms with van der Waals surface area (Å²) in [6, 6.07) is 0. The molecule has 0 fully saturated rings. The summed E-state index contributed by atoms with van der Waals surface area (Å²) in [6.45, 7) is 19.1. The van der Waals surface area contributed by atoms with Crippen LogP contribution in [0.5, 0.6) is 0 Å². The van der Waals surface area contributed by atoms with Crippen molar-refractivity contribution in [3.8, 4) is 0 Å². The Bertz CT molecular complexity index is 181. The molecule has 0 aliphatic heterocycles. The van der Waals surface area contributed by atoms with Crippen molar-refractivity contribution in [1.29, 1.82) is 0 Å². The molecule has 0 amide bonds. The van der Waals surface area contributed by atoms with Gasteiger partial charge in [0.1, 0.15) is 0 Å². The third kappa shape index (κ3) is 4.98. The first-order valence-corrected chi connectivity index (χ1v) is 9.19. The molecule has 1 unspecified atom stereocenters. The molecule has 1 atom stereocenters. The van der Waals surface area contributed by atoms with Crippen LogP contribution in [0.1, 0.15) is 40.5 Å². The average Bonchev–Trinajstić information content (AvgIpc) is 2.09. The second kappa shape index (κ2) is 6.49. The minimum Gasteiger partial charge on any atom is -0.295 e. The summed E-state index contributed by atoms with van der Waals surface area (Å²) in [6.07, 6.45) is 4.68. The van der Waals surface area contributed by atoms with Crippen LogP contribution in [0, 0.1) is 0 Å². The van der Waals surface area contributed by atoms with E-state index in [9.17, 15) is 0 Å². The smallest absolute Gasteiger partial charge is 0.0509 e. The van der Waals surface area contributed by atoms with Crippen LogP contribution in [-0.2, 0) is 0 Å². The first-order valence-electron chi connectivity index (χ1n) is 6.22. The first-order chi connectivity index (χ1) is 6.84. The molecule has 0 saturated heterocycles. The molecule has 90 valence electrons. The molecule has 1 nitrogen and oxygen atoms in total. The van der Waals surface area contributed by atoms with Crippen LogP contribution in [0.15, 0.2) is 12.7 Å². The van der Waals surface area contributed by atoms with E-state index in [1.807, 2.05) is 6.08 Å². The minimum absolute atomic E-state index is 0.269. The van der Waals surface area contributed by atoms with E-state index >= 15 is 0 Å². The summed E-state index contributed by atoms with van der Waals surface area (Å²) in [4.78, 5) is 2.64. The predicted octanol–water partition coefficient (Wildman–Crippen LogP) is 3.47. The minimum atomic E-state index is -0.614. The van der Waals surface area contributed by atoms with Gasteiger partial charge in [-0.25, -0.2) is 0 Å². The fourth-order valence-corrected chi connectivity index (χ4v) is 4.48. The molecular formula is C13H29NSi. The summed E-state index contributed by atoms with van der Waals surface area (Å²) >= 11 is 0. The normalized spacial score (nSPS) is 14.7. The number of nitrogens with zero attached hydrogens (tertiary/aromatic N) is 1. The Balaban J connectivity index is 4.74. The van der Waals surface area contributed by atoms with Gasteiger partial charge in [0.25, 0.3) is 0 Å². The predicted molar refractivity (Wildman–Crippen MR) is 74.2 cm³/mol. The van der Waals surface area contributed by atoms with Crippen LogP contribution in [-0.4, -0.2) is 31.4 Å². The molecule has 2 heteroatoms. The highest BCUT2D eigenvalue weighted by Crippen LogP contribution is 2.21. The van der Waals surface area contributed by atoms with Gasteiger partial charge in [-0.15, -0.1) is 6.58 Å². The van der Waals surface area contributed by atoms with Crippen molar-refractivity contribution < 1.29 is 0 Å². The van der Waals surface area contributed by atoms with E-state index in [1.165, 1.54) is 12.8 Å². The summed E-state index contributed by atoms with van der Waals surface area (Å²) in [5, 5.41) is 0. The molecule has 0 bridgehead atoms. The monoisotopic (exact) mass is 227 g/mol. The van der Waals surface area contributed by atoms with Crippen LogP contribution in [0.25, 0.3) is 0 Å². The molecule has 0 aromatic carbocycles. The third-order valence-electron chi connectivity index (χ3n) is 2.94. The van der Waals surface area contributed by atoms with Crippen LogP contribution >= 0.6 is 0 Å². The molecule has 0 radical (unpaired) electrons. The van der Waals surface area contributed by atoms with E-state index < -0.39 is 8.80 Å². The standard InChI is InChI=1S/C13H29NSi/c1-8-10-12(15(6)7)14(11-9-2)13(3,4)5/h9,12,15H,2,8,10-11H2,1,3-7H3. The first kappa shape index (κ1) is 14.9. The lowest BCUT2D eigenvalue weighted by molar-refractivity contribution is 0.127. The molecule has 0 N–H and O–H groups in total. The zero-order chi connectivity index (χ0) is 12.1. The van der Waals surface area contributed by atoms with Gasteiger partial charge in [0.2, 0.25) is 0 Å². The summed E-state index contributed by atoms with van der Waals surface area (Å²) in [5.41, 5.74) is 1.08. The zero-order valence-corrected chi connectivity index (χ0v) is 12.7. The van der Waals surface area contributed by atoms with E-state index in [1.54, 1.807) is 0 Å². The fourth-order valence-electron chi connectivity index (χ4n) is 2.19. The Morgan fingerprint density at radius 3 is 2.13 bits per heavy atom. The number of hydrogen-bond acceptors (Lipinski definition) is 1. The fraction of sp³-hybridized carbons (Fsp3) is 0.846. The highest BCUT2D eigenvalue weighted by atomic mass is 28.3. The van der Waals surface area contributed by atoms with E-state index in [-0.39, 0.29) is 5.54 Å². The van der Waals surface area contributed by atoms with Gasteiger partial charge in [0.05, 0.1) is 8.80 Å². The van der Waals surface area contributed by atoms with Crippen LogP contribution in [0.2, 0.25) is 13.1 Å². The molecule has 0 aliphatic carbocycles. The lowest BCUT2D eigenvalue weighted by atomic mass is 10.1. The quantitative estimate of drug-likeness (QED) is 0.496. The molecule has 0 aromatic heterocycles. The van der Waals surface area contributed by atoms with Crippen LogP contribution < -0.4 is 0 Å². The van der Waals surface area contributed by atoms with Crippen LogP contribution in [0.4, 0.5) is 0 Å². The highest BCUT2D eigenvalue weighted by Gasteiger charge is 2.29. The SMILES string of the molecule is C=CCN(C(CCC)[SiH](C)C)C(C)(C)C. The third-order valence-corrected chi connectivity index (χ3v) is 5.17. The Labute approximate surface area is 98.2 Å². The summed E-state index contributed by atoms with van der Waals surface area (Å²) in [7, 11) is -0.614. The Hall–Kier alpha value is -0.0831. The lowest BCUT2D eigenvalue weighted by Gasteiger charge is -2.43. The van der Waals surface area contributed by atoms with Crippen molar-refractivity contribution in [3.63, 3.8) is 0 Å².